The van der Waals surface area contributed by atoms with Crippen molar-refractivity contribution >= 4 is 22.6 Å². The van der Waals surface area contributed by atoms with E-state index in [2.05, 4.69) is 49.4 Å². The summed E-state index contributed by atoms with van der Waals surface area (Å²) in [5, 5.41) is 1.14. The molecule has 4 rings (SSSR count). The maximum Gasteiger partial charge on any atom is 0.361 e. The third kappa shape index (κ3) is 3.61. The highest BCUT2D eigenvalue weighted by Gasteiger charge is 2.20. The van der Waals surface area contributed by atoms with E-state index in [1.54, 1.807) is 7.11 Å². The van der Waals surface area contributed by atoms with Crippen LogP contribution in [0.2, 0.25) is 0 Å². The molecule has 3 aromatic carbocycles. The minimum absolute atomic E-state index is 0.847. The summed E-state index contributed by atoms with van der Waals surface area (Å²) in [5.74, 6) is 1.70. The lowest BCUT2D eigenvalue weighted by atomic mass is 9.98. The van der Waals surface area contributed by atoms with Gasteiger partial charge in [-0.25, -0.2) is 4.42 Å². The van der Waals surface area contributed by atoms with Crippen molar-refractivity contribution in [2.75, 3.05) is 7.11 Å². The molecule has 0 radical (unpaired) electrons. The van der Waals surface area contributed by atoms with E-state index in [1.165, 1.54) is 5.56 Å². The summed E-state index contributed by atoms with van der Waals surface area (Å²) in [6, 6.07) is 28.6. The average Bonchev–Trinajstić information content (AvgIpc) is 2.73. The van der Waals surface area contributed by atoms with Gasteiger partial charge in [0.1, 0.15) is 5.75 Å². The molecule has 0 atom stereocenters. The van der Waals surface area contributed by atoms with E-state index in [0.29, 0.717) is 0 Å². The van der Waals surface area contributed by atoms with Crippen LogP contribution in [0.5, 0.6) is 5.75 Å². The second kappa shape index (κ2) is 7.46. The van der Waals surface area contributed by atoms with Gasteiger partial charge in [-0.1, -0.05) is 54.6 Å². The number of para-hydroxylation sites is 1. The highest BCUT2D eigenvalue weighted by molar-refractivity contribution is 5.91. The van der Waals surface area contributed by atoms with E-state index in [4.69, 9.17) is 9.15 Å². The Bertz CT molecular complexity index is 1090. The first-order valence-electron chi connectivity index (χ1n) is 8.98. The zero-order chi connectivity index (χ0) is 18.6. The van der Waals surface area contributed by atoms with Gasteiger partial charge < -0.3 is 4.74 Å². The average molecular weight is 353 g/mol. The lowest BCUT2D eigenvalue weighted by molar-refractivity contribution is 0.415. The first kappa shape index (κ1) is 17.0. The van der Waals surface area contributed by atoms with Gasteiger partial charge in [0, 0.05) is 12.1 Å². The molecule has 0 saturated carbocycles. The molecule has 0 unspecified atom stereocenters. The van der Waals surface area contributed by atoms with Gasteiger partial charge in [0.15, 0.2) is 0 Å². The van der Waals surface area contributed by atoms with Crippen molar-refractivity contribution in [1.82, 2.24) is 0 Å². The second-order valence-electron chi connectivity index (χ2n) is 6.49. The summed E-state index contributed by atoms with van der Waals surface area (Å²) >= 11 is 0. The summed E-state index contributed by atoms with van der Waals surface area (Å²) in [7, 11) is 1.68. The van der Waals surface area contributed by atoms with Crippen molar-refractivity contribution in [3.05, 3.63) is 107 Å². The van der Waals surface area contributed by atoms with Crippen molar-refractivity contribution in [1.29, 1.82) is 0 Å². The van der Waals surface area contributed by atoms with Crippen LogP contribution in [0.1, 0.15) is 22.5 Å². The Hall–Kier alpha value is -3.39. The summed E-state index contributed by atoms with van der Waals surface area (Å²) < 4.78 is 11.6. The van der Waals surface area contributed by atoms with Gasteiger partial charge in [-0.3, -0.25) is 0 Å². The van der Waals surface area contributed by atoms with Gasteiger partial charge in [0.25, 0.3) is 0 Å². The maximum atomic E-state index is 6.28. The van der Waals surface area contributed by atoms with E-state index >= 15 is 0 Å². The van der Waals surface area contributed by atoms with Gasteiger partial charge in [0.05, 0.1) is 18.1 Å². The Balaban J connectivity index is 1.89. The second-order valence-corrected chi connectivity index (χ2v) is 6.49. The van der Waals surface area contributed by atoms with Gasteiger partial charge in [-0.15, -0.1) is 0 Å². The maximum absolute atomic E-state index is 6.28. The molecule has 1 heterocycles. The smallest absolute Gasteiger partial charge is 0.361 e. The number of benzene rings is 3. The fourth-order valence-corrected chi connectivity index (χ4v) is 3.22. The first-order valence-corrected chi connectivity index (χ1v) is 8.98. The van der Waals surface area contributed by atoms with Crippen LogP contribution in [0.4, 0.5) is 0 Å². The van der Waals surface area contributed by atoms with Gasteiger partial charge in [-0.2, -0.15) is 0 Å². The third-order valence-electron chi connectivity index (χ3n) is 4.66. The third-order valence-corrected chi connectivity index (χ3v) is 4.66. The molecule has 0 aliphatic rings. The largest absolute Gasteiger partial charge is 0.497 e. The fourth-order valence-electron chi connectivity index (χ4n) is 3.22. The minimum atomic E-state index is 0.847. The van der Waals surface area contributed by atoms with Crippen LogP contribution in [-0.4, -0.2) is 7.11 Å². The van der Waals surface area contributed by atoms with Gasteiger partial charge in [-0.05, 0) is 47.9 Å². The fraction of sp³-hybridized carbons (Fsp3) is 0.0800. The summed E-state index contributed by atoms with van der Waals surface area (Å²) in [6.45, 7) is 2.12. The van der Waals surface area contributed by atoms with E-state index in [0.717, 1.165) is 39.2 Å². The molecule has 27 heavy (non-hydrogen) atoms. The molecule has 0 aliphatic heterocycles. The van der Waals surface area contributed by atoms with Crippen molar-refractivity contribution in [3.63, 3.8) is 0 Å². The minimum Gasteiger partial charge on any atom is -0.497 e. The van der Waals surface area contributed by atoms with E-state index < -0.39 is 0 Å². The lowest BCUT2D eigenvalue weighted by Gasteiger charge is -2.04. The Labute approximate surface area is 159 Å². The molecule has 0 bridgehead atoms. The molecule has 0 spiro atoms. The van der Waals surface area contributed by atoms with E-state index in [-0.39, 0.29) is 0 Å². The Morgan fingerprint density at radius 1 is 0.852 bits per heavy atom. The van der Waals surface area contributed by atoms with Crippen molar-refractivity contribution in [2.24, 2.45) is 0 Å². The number of ether oxygens (including phenoxy) is 1. The van der Waals surface area contributed by atoms with Gasteiger partial charge in [0.2, 0.25) is 0 Å². The summed E-state index contributed by atoms with van der Waals surface area (Å²) in [6.07, 6.45) is 2.15. The number of hydrogen-bond donors (Lipinski definition) is 0. The summed E-state index contributed by atoms with van der Waals surface area (Å²) in [5.41, 5.74) is 5.35. The summed E-state index contributed by atoms with van der Waals surface area (Å²) in [4.78, 5) is 0. The zero-order valence-electron chi connectivity index (χ0n) is 15.5. The SMILES string of the molecule is COc1ccc(C=C(c2ccccc2)c2cc(C)c3ccccc3[o+]2)cc1. The van der Waals surface area contributed by atoms with Crippen LogP contribution in [0, 0.1) is 6.92 Å². The van der Waals surface area contributed by atoms with Crippen LogP contribution in [0.3, 0.4) is 0 Å². The van der Waals surface area contributed by atoms with E-state index in [9.17, 15) is 0 Å². The Morgan fingerprint density at radius 3 is 2.30 bits per heavy atom. The van der Waals surface area contributed by atoms with Crippen molar-refractivity contribution < 1.29 is 9.15 Å². The predicted molar refractivity (Wildman–Crippen MR) is 112 cm³/mol. The normalized spacial score (nSPS) is 11.6. The molecule has 0 fully saturated rings. The van der Waals surface area contributed by atoms with Gasteiger partial charge >= 0.3 is 11.3 Å². The predicted octanol–water partition coefficient (Wildman–Crippen LogP) is 6.62. The molecule has 2 heteroatoms. The molecule has 0 amide bonds. The topological polar surface area (TPSA) is 20.5 Å². The molecule has 0 saturated heterocycles. The van der Waals surface area contributed by atoms with Crippen molar-refractivity contribution in [3.8, 4) is 5.75 Å². The Kier molecular flexibility index (Phi) is 4.71. The number of fused-ring (bicyclic) bond motifs is 1. The molecule has 132 valence electrons. The van der Waals surface area contributed by atoms with Crippen LogP contribution >= 0.6 is 0 Å². The van der Waals surface area contributed by atoms with E-state index in [1.807, 2.05) is 48.5 Å². The van der Waals surface area contributed by atoms with Crippen LogP contribution in [-0.2, 0) is 0 Å². The molecule has 0 aliphatic carbocycles. The zero-order valence-corrected chi connectivity index (χ0v) is 15.5. The molecule has 2 nitrogen and oxygen atoms in total. The van der Waals surface area contributed by atoms with Crippen LogP contribution in [0.15, 0.2) is 89.3 Å². The molecular weight excluding hydrogens is 332 g/mol. The van der Waals surface area contributed by atoms with Crippen LogP contribution in [0.25, 0.3) is 22.6 Å². The number of methoxy groups -OCH3 is 1. The molecule has 1 aromatic heterocycles. The first-order chi connectivity index (χ1) is 13.2. The van der Waals surface area contributed by atoms with Crippen molar-refractivity contribution in [2.45, 2.75) is 6.92 Å². The standard InChI is InChI=1S/C25H21O2/c1-18-16-25(27-24-11-7-6-10-22(18)24)23(20-8-4-3-5-9-20)17-19-12-14-21(26-2)15-13-19/h3-17H,1-2H3/q+1. The highest BCUT2D eigenvalue weighted by atomic mass is 16.5. The number of hydrogen-bond acceptors (Lipinski definition) is 1. The number of rotatable bonds is 4. The monoisotopic (exact) mass is 353 g/mol. The molecule has 0 N–H and O–H groups in total. The quantitative estimate of drug-likeness (QED) is 0.303. The highest BCUT2D eigenvalue weighted by Crippen LogP contribution is 2.30. The van der Waals surface area contributed by atoms with Crippen LogP contribution < -0.4 is 4.74 Å². The molecular formula is C25H21O2+. The molecule has 4 aromatic rings. The Morgan fingerprint density at radius 2 is 1.56 bits per heavy atom. The number of aryl methyl sites for hydroxylation is 1. The lowest BCUT2D eigenvalue weighted by Crippen LogP contribution is -1.91.